The summed E-state index contributed by atoms with van der Waals surface area (Å²) in [5.41, 5.74) is 2.63. The fourth-order valence-corrected chi connectivity index (χ4v) is 4.77. The minimum atomic E-state index is -0.425. The summed E-state index contributed by atoms with van der Waals surface area (Å²) in [7, 11) is 2.98. The van der Waals surface area contributed by atoms with Gasteiger partial charge >= 0.3 is 5.97 Å². The lowest BCUT2D eigenvalue weighted by atomic mass is 10.2. The van der Waals surface area contributed by atoms with Crippen LogP contribution < -0.4 is 4.74 Å². The molecule has 36 heavy (non-hydrogen) atoms. The second kappa shape index (κ2) is 11.4. The van der Waals surface area contributed by atoms with Crippen LogP contribution in [0.4, 0.5) is 5.69 Å². The van der Waals surface area contributed by atoms with Gasteiger partial charge in [0.05, 0.1) is 38.3 Å². The zero-order chi connectivity index (χ0) is 25.8. The number of carbonyl (C=O) groups excluding carboxylic acids is 2. The molecule has 1 aliphatic rings. The van der Waals surface area contributed by atoms with Crippen molar-refractivity contribution in [2.45, 2.75) is 6.61 Å². The zero-order valence-electron chi connectivity index (χ0n) is 19.1. The minimum Gasteiger partial charge on any atom is -0.487 e. The number of nitrogens with zero attached hydrogens (tertiary/aromatic N) is 2. The van der Waals surface area contributed by atoms with Gasteiger partial charge in [0.1, 0.15) is 12.4 Å². The van der Waals surface area contributed by atoms with Crippen LogP contribution in [-0.2, 0) is 16.1 Å². The molecule has 184 valence electrons. The molecule has 4 rings (SSSR count). The van der Waals surface area contributed by atoms with Crippen LogP contribution in [-0.4, -0.2) is 36.1 Å². The highest BCUT2D eigenvalue weighted by Crippen LogP contribution is 2.35. The molecule has 6 nitrogen and oxygen atoms in total. The lowest BCUT2D eigenvalue weighted by Gasteiger charge is -2.09. The van der Waals surface area contributed by atoms with Gasteiger partial charge in [0, 0.05) is 7.05 Å². The van der Waals surface area contributed by atoms with E-state index in [9.17, 15) is 9.59 Å². The Kier molecular flexibility index (Phi) is 8.26. The van der Waals surface area contributed by atoms with Crippen LogP contribution in [0.25, 0.3) is 6.08 Å². The SMILES string of the molecule is COC(=O)c1ccc(N=C2S/C(=C\c3ccc(OCc4ccc(Cl)c(Cl)c4)c(Cl)c3)C(=O)N2C)cc1. The predicted molar refractivity (Wildman–Crippen MR) is 145 cm³/mol. The van der Waals surface area contributed by atoms with E-state index >= 15 is 0 Å². The van der Waals surface area contributed by atoms with Crippen molar-refractivity contribution in [2.24, 2.45) is 4.99 Å². The first-order valence-electron chi connectivity index (χ1n) is 10.6. The molecule has 0 unspecified atom stereocenters. The Hall–Kier alpha value is -2.97. The van der Waals surface area contributed by atoms with Crippen molar-refractivity contribution in [2.75, 3.05) is 14.2 Å². The largest absolute Gasteiger partial charge is 0.487 e. The van der Waals surface area contributed by atoms with Crippen molar-refractivity contribution in [3.8, 4) is 5.75 Å². The van der Waals surface area contributed by atoms with Gasteiger partial charge in [-0.3, -0.25) is 9.69 Å². The summed E-state index contributed by atoms with van der Waals surface area (Å²) in [6.45, 7) is 0.274. The third kappa shape index (κ3) is 6.05. The van der Waals surface area contributed by atoms with E-state index in [1.807, 2.05) is 12.1 Å². The Morgan fingerprint density at radius 2 is 1.75 bits per heavy atom. The van der Waals surface area contributed by atoms with Gasteiger partial charge in [-0.05, 0) is 77.5 Å². The molecule has 1 amide bonds. The molecule has 1 saturated heterocycles. The average molecular weight is 562 g/mol. The van der Waals surface area contributed by atoms with E-state index in [1.54, 1.807) is 61.7 Å². The van der Waals surface area contributed by atoms with Crippen LogP contribution in [0.3, 0.4) is 0 Å². The lowest BCUT2D eigenvalue weighted by molar-refractivity contribution is -0.121. The Labute approximate surface area is 227 Å². The first-order valence-corrected chi connectivity index (χ1v) is 12.5. The molecule has 0 N–H and O–H groups in total. The molecule has 0 radical (unpaired) electrons. The number of halogens is 3. The molecule has 0 aliphatic carbocycles. The number of amides is 1. The second-order valence-electron chi connectivity index (χ2n) is 7.63. The van der Waals surface area contributed by atoms with Crippen molar-refractivity contribution < 1.29 is 19.1 Å². The molecule has 3 aromatic carbocycles. The molecule has 10 heteroatoms. The number of amidine groups is 1. The molecule has 0 atom stereocenters. The number of hydrogen-bond donors (Lipinski definition) is 0. The third-order valence-electron chi connectivity index (χ3n) is 5.15. The molecule has 0 spiro atoms. The van der Waals surface area contributed by atoms with Crippen LogP contribution in [0, 0.1) is 0 Å². The lowest BCUT2D eigenvalue weighted by Crippen LogP contribution is -2.23. The minimum absolute atomic E-state index is 0.180. The highest BCUT2D eigenvalue weighted by molar-refractivity contribution is 8.18. The van der Waals surface area contributed by atoms with Gasteiger partial charge in [-0.2, -0.15) is 0 Å². The van der Waals surface area contributed by atoms with Gasteiger partial charge in [0.25, 0.3) is 5.91 Å². The van der Waals surface area contributed by atoms with E-state index in [1.165, 1.54) is 23.8 Å². The molecular formula is C26H19Cl3N2O4S. The second-order valence-corrected chi connectivity index (χ2v) is 9.87. The summed E-state index contributed by atoms with van der Waals surface area (Å²) in [4.78, 5) is 30.9. The third-order valence-corrected chi connectivity index (χ3v) is 7.24. The number of thioether (sulfide) groups is 1. The fraction of sp³-hybridized carbons (Fsp3) is 0.115. The van der Waals surface area contributed by atoms with Crippen LogP contribution in [0.5, 0.6) is 5.75 Å². The molecule has 1 fully saturated rings. The van der Waals surface area contributed by atoms with E-state index < -0.39 is 5.97 Å². The molecule has 0 aromatic heterocycles. The van der Waals surface area contributed by atoms with E-state index in [4.69, 9.17) is 44.3 Å². The van der Waals surface area contributed by atoms with E-state index in [0.717, 1.165) is 11.1 Å². The maximum absolute atomic E-state index is 12.8. The molecule has 3 aromatic rings. The average Bonchev–Trinajstić information content (AvgIpc) is 3.13. The summed E-state index contributed by atoms with van der Waals surface area (Å²) in [5.74, 6) is -0.0996. The summed E-state index contributed by atoms with van der Waals surface area (Å²) < 4.78 is 10.5. The van der Waals surface area contributed by atoms with Crippen LogP contribution in [0.2, 0.25) is 15.1 Å². The number of hydrogen-bond acceptors (Lipinski definition) is 6. The Bertz CT molecular complexity index is 1390. The number of likely N-dealkylation sites (N-methyl/N-ethyl adjacent to an activating group) is 1. The van der Waals surface area contributed by atoms with Gasteiger partial charge < -0.3 is 9.47 Å². The molecule has 1 aliphatic heterocycles. The molecular weight excluding hydrogens is 543 g/mol. The number of carbonyl (C=O) groups is 2. The predicted octanol–water partition coefficient (Wildman–Crippen LogP) is 7.25. The van der Waals surface area contributed by atoms with E-state index in [-0.39, 0.29) is 12.5 Å². The van der Waals surface area contributed by atoms with Crippen molar-refractivity contribution in [1.82, 2.24) is 4.90 Å². The van der Waals surface area contributed by atoms with E-state index in [0.29, 0.717) is 42.1 Å². The first-order chi connectivity index (χ1) is 17.2. The number of benzene rings is 3. The number of esters is 1. The maximum atomic E-state index is 12.8. The van der Waals surface area contributed by atoms with Crippen molar-refractivity contribution in [3.05, 3.63) is 97.3 Å². The highest BCUT2D eigenvalue weighted by atomic mass is 35.5. The van der Waals surface area contributed by atoms with Gasteiger partial charge in [-0.15, -0.1) is 0 Å². The van der Waals surface area contributed by atoms with Crippen LogP contribution in [0.15, 0.2) is 70.6 Å². The number of aliphatic imine (C=N–C) groups is 1. The first kappa shape index (κ1) is 26.1. The molecule has 1 heterocycles. The fourth-order valence-electron chi connectivity index (χ4n) is 3.22. The summed E-state index contributed by atoms with van der Waals surface area (Å²) >= 11 is 19.7. The Balaban J connectivity index is 1.46. The monoisotopic (exact) mass is 560 g/mol. The Morgan fingerprint density at radius 3 is 2.42 bits per heavy atom. The highest BCUT2D eigenvalue weighted by Gasteiger charge is 2.30. The van der Waals surface area contributed by atoms with Gasteiger partial charge in [-0.1, -0.05) is 46.9 Å². The van der Waals surface area contributed by atoms with Crippen molar-refractivity contribution >= 4 is 75.4 Å². The topological polar surface area (TPSA) is 68.2 Å². The van der Waals surface area contributed by atoms with Crippen LogP contribution >= 0.6 is 46.6 Å². The van der Waals surface area contributed by atoms with Crippen molar-refractivity contribution in [3.63, 3.8) is 0 Å². The van der Waals surface area contributed by atoms with E-state index in [2.05, 4.69) is 4.99 Å². The van der Waals surface area contributed by atoms with Gasteiger partial charge in [-0.25, -0.2) is 9.79 Å². The zero-order valence-corrected chi connectivity index (χ0v) is 22.2. The van der Waals surface area contributed by atoms with Crippen molar-refractivity contribution in [1.29, 1.82) is 0 Å². The number of ether oxygens (including phenoxy) is 2. The maximum Gasteiger partial charge on any atom is 0.337 e. The van der Waals surface area contributed by atoms with Gasteiger partial charge in [0.15, 0.2) is 5.17 Å². The summed E-state index contributed by atoms with van der Waals surface area (Å²) in [6, 6.07) is 17.2. The standard InChI is InChI=1S/C26H19Cl3N2O4S/c1-31-24(32)23(36-26(31)30-18-7-5-17(6-8-18)25(33)34-2)13-15-4-10-22(21(29)11-15)35-14-16-3-9-19(27)20(28)12-16/h3-13H,14H2,1-2H3/b23-13-,30-26?. The summed E-state index contributed by atoms with van der Waals surface area (Å²) in [6.07, 6.45) is 1.75. The van der Waals surface area contributed by atoms with Crippen LogP contribution in [0.1, 0.15) is 21.5 Å². The molecule has 0 bridgehead atoms. The van der Waals surface area contributed by atoms with Gasteiger partial charge in [0.2, 0.25) is 0 Å². The Morgan fingerprint density at radius 1 is 1.00 bits per heavy atom. The number of methoxy groups -OCH3 is 1. The summed E-state index contributed by atoms with van der Waals surface area (Å²) in [5, 5.41) is 1.86. The normalized spacial score (nSPS) is 15.6. The quantitative estimate of drug-likeness (QED) is 0.234. The smallest absolute Gasteiger partial charge is 0.337 e. The molecule has 0 saturated carbocycles. The number of rotatable bonds is 6.